The number of likely N-dealkylation sites (N-methyl/N-ethyl adjacent to an activating group) is 1. The fourth-order valence-electron chi connectivity index (χ4n) is 5.73. The number of halogens is 2. The number of carbonyl (C=O) groups excluding carboxylic acids is 1. The molecule has 0 aromatic heterocycles. The Morgan fingerprint density at radius 3 is 2.53 bits per heavy atom. The zero-order valence-corrected chi connectivity index (χ0v) is 23.0. The summed E-state index contributed by atoms with van der Waals surface area (Å²) >= 11 is 12.6. The monoisotopic (exact) mass is 547 g/mol. The standard InChI is InChI=1S/C31H31Cl2N3O2/c1-35(30(37)23-8-6-22(19-34)7-9-23)20-25(24-10-11-28(32)29(33)18-24)12-15-36-16-13-31(14-17-36)27-5-3-2-4-26(27)21-38-31/h2-11,18,25H,12-17,20-21H2,1H3/t25-/m1/s1. The molecular weight excluding hydrogens is 517 g/mol. The summed E-state index contributed by atoms with van der Waals surface area (Å²) in [5.41, 5.74) is 4.70. The Morgan fingerprint density at radius 2 is 1.82 bits per heavy atom. The molecular formula is C31H31Cl2N3O2. The molecule has 0 bridgehead atoms. The molecule has 196 valence electrons. The van der Waals surface area contributed by atoms with Crippen LogP contribution in [0.3, 0.4) is 0 Å². The normalized spacial score (nSPS) is 17.1. The first kappa shape index (κ1) is 26.7. The van der Waals surface area contributed by atoms with Gasteiger partial charge < -0.3 is 14.5 Å². The number of ether oxygens (including phenoxy) is 1. The van der Waals surface area contributed by atoms with Crippen LogP contribution in [0, 0.1) is 11.3 Å². The molecule has 38 heavy (non-hydrogen) atoms. The summed E-state index contributed by atoms with van der Waals surface area (Å²) in [5.74, 6) is 0.0213. The van der Waals surface area contributed by atoms with Gasteiger partial charge in [0.15, 0.2) is 0 Å². The lowest BCUT2D eigenvalue weighted by Gasteiger charge is -2.40. The number of amides is 1. The maximum atomic E-state index is 13.2. The number of hydrogen-bond acceptors (Lipinski definition) is 4. The second kappa shape index (κ2) is 11.5. The van der Waals surface area contributed by atoms with Crippen LogP contribution in [0.15, 0.2) is 66.7 Å². The number of hydrogen-bond donors (Lipinski definition) is 0. The number of carbonyl (C=O) groups is 1. The first-order valence-electron chi connectivity index (χ1n) is 13.0. The van der Waals surface area contributed by atoms with Crippen LogP contribution in [0.25, 0.3) is 0 Å². The lowest BCUT2D eigenvalue weighted by Crippen LogP contribution is -2.43. The van der Waals surface area contributed by atoms with Crippen molar-refractivity contribution in [2.24, 2.45) is 0 Å². The van der Waals surface area contributed by atoms with Crippen LogP contribution in [0.2, 0.25) is 10.0 Å². The van der Waals surface area contributed by atoms with Crippen molar-refractivity contribution in [1.82, 2.24) is 9.80 Å². The lowest BCUT2D eigenvalue weighted by molar-refractivity contribution is -0.0790. The van der Waals surface area contributed by atoms with E-state index in [2.05, 4.69) is 35.2 Å². The second-order valence-electron chi connectivity index (χ2n) is 10.3. The van der Waals surface area contributed by atoms with Gasteiger partial charge in [-0.1, -0.05) is 53.5 Å². The van der Waals surface area contributed by atoms with Crippen molar-refractivity contribution < 1.29 is 9.53 Å². The van der Waals surface area contributed by atoms with Crippen molar-refractivity contribution in [1.29, 1.82) is 5.26 Å². The molecule has 0 saturated carbocycles. The molecule has 1 saturated heterocycles. The third kappa shape index (κ3) is 5.60. The average molecular weight is 549 g/mol. The van der Waals surface area contributed by atoms with Gasteiger partial charge in [0.25, 0.3) is 5.91 Å². The van der Waals surface area contributed by atoms with E-state index in [4.69, 9.17) is 33.2 Å². The molecule has 3 aromatic carbocycles. The van der Waals surface area contributed by atoms with Crippen LogP contribution in [-0.4, -0.2) is 48.9 Å². The Kier molecular flexibility index (Phi) is 8.07. The molecule has 0 radical (unpaired) electrons. The second-order valence-corrected chi connectivity index (χ2v) is 11.1. The van der Waals surface area contributed by atoms with E-state index in [9.17, 15) is 4.79 Å². The van der Waals surface area contributed by atoms with E-state index in [0.29, 0.717) is 34.3 Å². The molecule has 1 fully saturated rings. The Balaban J connectivity index is 1.25. The predicted octanol–water partition coefficient (Wildman–Crippen LogP) is 6.63. The van der Waals surface area contributed by atoms with Crippen molar-refractivity contribution >= 4 is 29.1 Å². The molecule has 5 nitrogen and oxygen atoms in total. The Hall–Kier alpha value is -2.88. The Morgan fingerprint density at radius 1 is 1.08 bits per heavy atom. The van der Waals surface area contributed by atoms with E-state index in [0.717, 1.165) is 44.5 Å². The molecule has 5 rings (SSSR count). The minimum Gasteiger partial charge on any atom is -0.365 e. The molecule has 7 heteroatoms. The van der Waals surface area contributed by atoms with Gasteiger partial charge in [-0.05, 0) is 78.9 Å². The van der Waals surface area contributed by atoms with E-state index >= 15 is 0 Å². The molecule has 0 unspecified atom stereocenters. The van der Waals surface area contributed by atoms with Gasteiger partial charge in [0.1, 0.15) is 0 Å². The highest BCUT2D eigenvalue weighted by molar-refractivity contribution is 6.42. The smallest absolute Gasteiger partial charge is 0.253 e. The first-order valence-corrected chi connectivity index (χ1v) is 13.8. The van der Waals surface area contributed by atoms with Gasteiger partial charge in [0.05, 0.1) is 33.9 Å². The molecule has 0 aliphatic carbocycles. The summed E-state index contributed by atoms with van der Waals surface area (Å²) in [7, 11) is 1.82. The van der Waals surface area contributed by atoms with Crippen molar-refractivity contribution in [3.63, 3.8) is 0 Å². The highest BCUT2D eigenvalue weighted by Crippen LogP contribution is 2.44. The van der Waals surface area contributed by atoms with Crippen LogP contribution in [0.5, 0.6) is 0 Å². The van der Waals surface area contributed by atoms with Crippen LogP contribution in [-0.2, 0) is 16.9 Å². The molecule has 3 aromatic rings. The van der Waals surface area contributed by atoms with Crippen molar-refractivity contribution in [3.05, 3.63) is 105 Å². The van der Waals surface area contributed by atoms with Gasteiger partial charge in [0.2, 0.25) is 0 Å². The van der Waals surface area contributed by atoms with Crippen LogP contribution < -0.4 is 0 Å². The summed E-state index contributed by atoms with van der Waals surface area (Å²) in [4.78, 5) is 17.4. The van der Waals surface area contributed by atoms with Gasteiger partial charge in [-0.15, -0.1) is 0 Å². The molecule has 2 heterocycles. The topological polar surface area (TPSA) is 56.6 Å². The van der Waals surface area contributed by atoms with Crippen molar-refractivity contribution in [3.8, 4) is 6.07 Å². The number of fused-ring (bicyclic) bond motifs is 2. The number of nitriles is 1. The number of rotatable bonds is 7. The largest absolute Gasteiger partial charge is 0.365 e. The number of likely N-dealkylation sites (tertiary alicyclic amines) is 1. The molecule has 0 N–H and O–H groups in total. The third-order valence-corrected chi connectivity index (χ3v) is 8.73. The Bertz CT molecular complexity index is 1340. The SMILES string of the molecule is CN(C[C@@H](CCN1CCC2(CC1)OCc1ccccc12)c1ccc(Cl)c(Cl)c1)C(=O)c1ccc(C#N)cc1. The molecule has 1 amide bonds. The minimum absolute atomic E-state index is 0.0727. The molecule has 2 aliphatic rings. The third-order valence-electron chi connectivity index (χ3n) is 7.99. The average Bonchev–Trinajstić information content (AvgIpc) is 3.31. The van der Waals surface area contributed by atoms with E-state index in [1.165, 1.54) is 11.1 Å². The van der Waals surface area contributed by atoms with E-state index in [1.807, 2.05) is 25.2 Å². The number of piperidine rings is 1. The number of benzene rings is 3. The summed E-state index contributed by atoms with van der Waals surface area (Å²) < 4.78 is 6.34. The fourth-order valence-corrected chi connectivity index (χ4v) is 6.03. The summed E-state index contributed by atoms with van der Waals surface area (Å²) in [6.07, 6.45) is 2.85. The van der Waals surface area contributed by atoms with Crippen molar-refractivity contribution in [2.75, 3.05) is 33.2 Å². The zero-order chi connectivity index (χ0) is 26.7. The van der Waals surface area contributed by atoms with Gasteiger partial charge in [-0.25, -0.2) is 0 Å². The molecule has 1 spiro atoms. The van der Waals surface area contributed by atoms with E-state index in [1.54, 1.807) is 29.2 Å². The molecule has 2 aliphatic heterocycles. The maximum Gasteiger partial charge on any atom is 0.253 e. The highest BCUT2D eigenvalue weighted by Gasteiger charge is 2.42. The van der Waals surface area contributed by atoms with Gasteiger partial charge >= 0.3 is 0 Å². The predicted molar refractivity (Wildman–Crippen MR) is 151 cm³/mol. The van der Waals surface area contributed by atoms with E-state index < -0.39 is 0 Å². The van der Waals surface area contributed by atoms with Crippen LogP contribution in [0.1, 0.15) is 57.8 Å². The van der Waals surface area contributed by atoms with Gasteiger partial charge in [-0.3, -0.25) is 4.79 Å². The van der Waals surface area contributed by atoms with Gasteiger partial charge in [0, 0.05) is 38.2 Å². The van der Waals surface area contributed by atoms with Crippen LogP contribution in [0.4, 0.5) is 0 Å². The highest BCUT2D eigenvalue weighted by atomic mass is 35.5. The van der Waals surface area contributed by atoms with Crippen LogP contribution >= 0.6 is 23.2 Å². The zero-order valence-electron chi connectivity index (χ0n) is 21.5. The minimum atomic E-state index is -0.149. The maximum absolute atomic E-state index is 13.2. The molecule has 1 atom stereocenters. The van der Waals surface area contributed by atoms with E-state index in [-0.39, 0.29) is 17.4 Å². The quantitative estimate of drug-likeness (QED) is 0.333. The summed E-state index contributed by atoms with van der Waals surface area (Å²) in [6, 6.07) is 23.2. The Labute approximate surface area is 234 Å². The summed E-state index contributed by atoms with van der Waals surface area (Å²) in [5, 5.41) is 10.1. The van der Waals surface area contributed by atoms with Gasteiger partial charge in [-0.2, -0.15) is 5.26 Å². The first-order chi connectivity index (χ1) is 18.4. The number of nitrogens with zero attached hydrogens (tertiary/aromatic N) is 3. The lowest BCUT2D eigenvalue weighted by atomic mass is 9.83. The fraction of sp³-hybridized carbons (Fsp3) is 0.355. The summed E-state index contributed by atoms with van der Waals surface area (Å²) in [6.45, 7) is 4.12. The van der Waals surface area contributed by atoms with Crippen molar-refractivity contribution in [2.45, 2.75) is 37.4 Å².